The molecule has 0 aliphatic carbocycles. The van der Waals surface area contributed by atoms with Gasteiger partial charge in [-0.3, -0.25) is 0 Å². The van der Waals surface area contributed by atoms with Gasteiger partial charge in [0, 0.05) is 18.0 Å². The first-order chi connectivity index (χ1) is 8.36. The lowest BCUT2D eigenvalue weighted by atomic mass is 10.0. The molecule has 2 aliphatic rings. The summed E-state index contributed by atoms with van der Waals surface area (Å²) in [5.41, 5.74) is 2.67. The molecule has 1 atom stereocenters. The summed E-state index contributed by atoms with van der Waals surface area (Å²) in [6.45, 7) is 1.95. The molecule has 0 amide bonds. The summed E-state index contributed by atoms with van der Waals surface area (Å²) >= 11 is 0. The predicted octanol–water partition coefficient (Wildman–Crippen LogP) is 1.92. The van der Waals surface area contributed by atoms with Crippen molar-refractivity contribution in [1.82, 2.24) is 5.32 Å². The van der Waals surface area contributed by atoms with Crippen molar-refractivity contribution in [3.8, 4) is 11.5 Å². The van der Waals surface area contributed by atoms with Crippen molar-refractivity contribution in [3.63, 3.8) is 0 Å². The van der Waals surface area contributed by atoms with Crippen molar-refractivity contribution in [2.75, 3.05) is 20.3 Å². The van der Waals surface area contributed by atoms with E-state index in [9.17, 15) is 0 Å². The van der Waals surface area contributed by atoms with Crippen LogP contribution in [0.2, 0.25) is 0 Å². The molecule has 0 bridgehead atoms. The molecule has 1 unspecified atom stereocenters. The zero-order valence-electron chi connectivity index (χ0n) is 10.3. The van der Waals surface area contributed by atoms with E-state index < -0.39 is 0 Å². The lowest BCUT2D eigenvalue weighted by Crippen LogP contribution is -2.23. The molecule has 1 saturated heterocycles. The highest BCUT2D eigenvalue weighted by Gasteiger charge is 2.20. The molecule has 92 valence electrons. The zero-order chi connectivity index (χ0) is 11.7. The van der Waals surface area contributed by atoms with Crippen LogP contribution in [0, 0.1) is 0 Å². The Morgan fingerprint density at radius 2 is 2.41 bits per heavy atom. The summed E-state index contributed by atoms with van der Waals surface area (Å²) in [5, 5.41) is 3.54. The molecule has 1 N–H and O–H groups in total. The molecule has 17 heavy (non-hydrogen) atoms. The summed E-state index contributed by atoms with van der Waals surface area (Å²) in [6.07, 6.45) is 4.70. The van der Waals surface area contributed by atoms with Crippen LogP contribution in [-0.2, 0) is 12.8 Å². The Balaban J connectivity index is 1.84. The summed E-state index contributed by atoms with van der Waals surface area (Å²) in [7, 11) is 1.72. The van der Waals surface area contributed by atoms with E-state index >= 15 is 0 Å². The Morgan fingerprint density at radius 3 is 3.18 bits per heavy atom. The van der Waals surface area contributed by atoms with Crippen LogP contribution >= 0.6 is 0 Å². The third-order valence-electron chi connectivity index (χ3n) is 3.67. The monoisotopic (exact) mass is 233 g/mol. The van der Waals surface area contributed by atoms with Gasteiger partial charge in [0.1, 0.15) is 0 Å². The van der Waals surface area contributed by atoms with Crippen LogP contribution in [-0.4, -0.2) is 26.3 Å². The molecule has 3 rings (SSSR count). The summed E-state index contributed by atoms with van der Waals surface area (Å²) in [4.78, 5) is 0. The normalized spacial score (nSPS) is 22.3. The minimum atomic E-state index is 0.639. The maximum atomic E-state index is 5.60. The van der Waals surface area contributed by atoms with Crippen LogP contribution in [0.25, 0.3) is 0 Å². The highest BCUT2D eigenvalue weighted by Crippen LogP contribution is 2.37. The van der Waals surface area contributed by atoms with E-state index in [2.05, 4.69) is 17.4 Å². The van der Waals surface area contributed by atoms with E-state index in [1.165, 1.54) is 24.0 Å². The van der Waals surface area contributed by atoms with Crippen molar-refractivity contribution in [2.24, 2.45) is 0 Å². The van der Waals surface area contributed by atoms with E-state index in [-0.39, 0.29) is 0 Å². The Kier molecular flexibility index (Phi) is 2.93. The second-order valence-electron chi connectivity index (χ2n) is 4.88. The van der Waals surface area contributed by atoms with Crippen LogP contribution in [0.4, 0.5) is 0 Å². The maximum Gasteiger partial charge on any atom is 0.164 e. The maximum absolute atomic E-state index is 5.60. The number of methoxy groups -OCH3 is 1. The average molecular weight is 233 g/mol. The van der Waals surface area contributed by atoms with Gasteiger partial charge in [-0.1, -0.05) is 6.07 Å². The van der Waals surface area contributed by atoms with Gasteiger partial charge in [-0.2, -0.15) is 0 Å². The lowest BCUT2D eigenvalue weighted by molar-refractivity contribution is 0.326. The fourth-order valence-electron chi connectivity index (χ4n) is 2.82. The van der Waals surface area contributed by atoms with Crippen LogP contribution in [0.3, 0.4) is 0 Å². The quantitative estimate of drug-likeness (QED) is 0.865. The van der Waals surface area contributed by atoms with Gasteiger partial charge in [0.2, 0.25) is 0 Å². The lowest BCUT2D eigenvalue weighted by Gasteiger charge is -2.13. The standard InChI is InChI=1S/C14H19NO2/c1-16-13-9-10(8-12-3-2-5-15-12)7-11-4-6-17-14(11)13/h7,9,12,15H,2-6,8H2,1H3. The third-order valence-corrected chi connectivity index (χ3v) is 3.67. The van der Waals surface area contributed by atoms with Gasteiger partial charge in [0.15, 0.2) is 11.5 Å². The number of fused-ring (bicyclic) bond motifs is 1. The summed E-state index contributed by atoms with van der Waals surface area (Å²) in [6, 6.07) is 5.05. The Bertz CT molecular complexity index is 411. The Labute approximate surface area is 102 Å². The van der Waals surface area contributed by atoms with Crippen molar-refractivity contribution in [1.29, 1.82) is 0 Å². The number of nitrogens with one attached hydrogen (secondary N) is 1. The van der Waals surface area contributed by atoms with Crippen LogP contribution < -0.4 is 14.8 Å². The summed E-state index contributed by atoms with van der Waals surface area (Å²) < 4.78 is 11.0. The van der Waals surface area contributed by atoms with Crippen molar-refractivity contribution in [3.05, 3.63) is 23.3 Å². The zero-order valence-corrected chi connectivity index (χ0v) is 10.3. The van der Waals surface area contributed by atoms with Crippen molar-refractivity contribution in [2.45, 2.75) is 31.7 Å². The first-order valence-corrected chi connectivity index (χ1v) is 6.43. The van der Waals surface area contributed by atoms with Gasteiger partial charge < -0.3 is 14.8 Å². The van der Waals surface area contributed by atoms with E-state index in [1.807, 2.05) is 0 Å². The average Bonchev–Trinajstić information content (AvgIpc) is 2.98. The Hall–Kier alpha value is -1.22. The topological polar surface area (TPSA) is 30.5 Å². The minimum Gasteiger partial charge on any atom is -0.493 e. The molecule has 1 aromatic carbocycles. The molecule has 0 saturated carbocycles. The molecular formula is C14H19NO2. The molecular weight excluding hydrogens is 214 g/mol. The van der Waals surface area contributed by atoms with Gasteiger partial charge in [-0.25, -0.2) is 0 Å². The largest absolute Gasteiger partial charge is 0.493 e. The van der Waals surface area contributed by atoms with Crippen molar-refractivity contribution < 1.29 is 9.47 Å². The van der Waals surface area contributed by atoms with Crippen LogP contribution in [0.5, 0.6) is 11.5 Å². The molecule has 1 aromatic rings. The highest BCUT2D eigenvalue weighted by molar-refractivity contribution is 5.51. The predicted molar refractivity (Wildman–Crippen MR) is 66.9 cm³/mol. The first kappa shape index (κ1) is 10.9. The van der Waals surface area contributed by atoms with Crippen molar-refractivity contribution >= 4 is 0 Å². The molecule has 2 heterocycles. The van der Waals surface area contributed by atoms with Gasteiger partial charge in [-0.05, 0) is 37.4 Å². The van der Waals surface area contributed by atoms with Crippen LogP contribution in [0.1, 0.15) is 24.0 Å². The second-order valence-corrected chi connectivity index (χ2v) is 4.88. The fraction of sp³-hybridized carbons (Fsp3) is 0.571. The third kappa shape index (κ3) is 2.12. The van der Waals surface area contributed by atoms with Gasteiger partial charge >= 0.3 is 0 Å². The first-order valence-electron chi connectivity index (χ1n) is 6.43. The second kappa shape index (κ2) is 4.57. The van der Waals surface area contributed by atoms with E-state index in [0.717, 1.165) is 37.5 Å². The Morgan fingerprint density at radius 1 is 1.47 bits per heavy atom. The van der Waals surface area contributed by atoms with E-state index in [4.69, 9.17) is 9.47 Å². The summed E-state index contributed by atoms with van der Waals surface area (Å²) in [5.74, 6) is 1.85. The molecule has 0 radical (unpaired) electrons. The van der Waals surface area contributed by atoms with Gasteiger partial charge in [-0.15, -0.1) is 0 Å². The van der Waals surface area contributed by atoms with E-state index in [1.54, 1.807) is 7.11 Å². The SMILES string of the molecule is COc1cc(CC2CCCN2)cc2c1OCC2. The highest BCUT2D eigenvalue weighted by atomic mass is 16.5. The number of hydrogen-bond donors (Lipinski definition) is 1. The molecule has 2 aliphatic heterocycles. The smallest absolute Gasteiger partial charge is 0.164 e. The molecule has 0 spiro atoms. The van der Waals surface area contributed by atoms with E-state index in [0.29, 0.717) is 6.04 Å². The number of ether oxygens (including phenoxy) is 2. The van der Waals surface area contributed by atoms with Gasteiger partial charge in [0.05, 0.1) is 13.7 Å². The fourth-order valence-corrected chi connectivity index (χ4v) is 2.82. The molecule has 0 aromatic heterocycles. The number of hydrogen-bond acceptors (Lipinski definition) is 3. The van der Waals surface area contributed by atoms with Crippen LogP contribution in [0.15, 0.2) is 12.1 Å². The number of benzene rings is 1. The minimum absolute atomic E-state index is 0.639. The molecule has 3 nitrogen and oxygen atoms in total. The van der Waals surface area contributed by atoms with Gasteiger partial charge in [0.25, 0.3) is 0 Å². The number of rotatable bonds is 3. The molecule has 3 heteroatoms. The molecule has 1 fully saturated rings.